The van der Waals surface area contributed by atoms with E-state index in [1.54, 1.807) is 12.8 Å². The van der Waals surface area contributed by atoms with Crippen LogP contribution in [-0.2, 0) is 14.4 Å². The monoisotopic (exact) mass is 243 g/mol. The molecule has 0 atom stereocenters. The van der Waals surface area contributed by atoms with Crippen LogP contribution in [0.3, 0.4) is 0 Å². The minimum Gasteiger partial charge on any atom is -0.222 e. The summed E-state index contributed by atoms with van der Waals surface area (Å²) in [5, 5.41) is 16.2. The number of hydrogen-bond acceptors (Lipinski definition) is 6. The average Bonchev–Trinajstić information content (AvgIpc) is 2.22. The molecule has 1 fully saturated rings. The summed E-state index contributed by atoms with van der Waals surface area (Å²) in [5.74, 6) is 0. The van der Waals surface area contributed by atoms with E-state index < -0.39 is 0 Å². The summed E-state index contributed by atoms with van der Waals surface area (Å²) in [5.41, 5.74) is 1.17. The second-order valence-corrected chi connectivity index (χ2v) is 4.68. The van der Waals surface area contributed by atoms with Crippen molar-refractivity contribution in [3.63, 3.8) is 0 Å². The normalized spacial score (nSPS) is 12.8. The van der Waals surface area contributed by atoms with Crippen molar-refractivity contribution in [1.82, 2.24) is 0 Å². The van der Waals surface area contributed by atoms with Crippen molar-refractivity contribution in [3.05, 3.63) is 0 Å². The van der Waals surface area contributed by atoms with E-state index in [9.17, 15) is 0 Å². The Hall–Kier alpha value is -1.64. The molecule has 0 aromatic heterocycles. The fourth-order valence-corrected chi connectivity index (χ4v) is 2.12. The zero-order chi connectivity index (χ0) is 13.2. The van der Waals surface area contributed by atoms with Crippen LogP contribution in [0.15, 0.2) is 0 Å². The van der Waals surface area contributed by atoms with Gasteiger partial charge in [0.25, 0.3) is 0 Å². The van der Waals surface area contributed by atoms with E-state index in [1.807, 2.05) is 0 Å². The Kier molecular flexibility index (Phi) is 28.9. The number of isocyanates is 3. The molecule has 16 heavy (non-hydrogen) atoms. The fourth-order valence-electron chi connectivity index (χ4n) is 1.31. The molecule has 7 heteroatoms. The quantitative estimate of drug-likeness (QED) is 0.331. The summed E-state index contributed by atoms with van der Waals surface area (Å²) in [7, 11) is 1.45. The lowest BCUT2D eigenvalue weighted by atomic mass is 10.0. The van der Waals surface area contributed by atoms with Gasteiger partial charge in [-0.05, 0) is 0 Å². The maximum absolute atomic E-state index is 8.35. The van der Waals surface area contributed by atoms with E-state index in [1.165, 1.54) is 35.0 Å². The summed E-state index contributed by atoms with van der Waals surface area (Å²) in [6, 6.07) is 0. The Bertz CT molecular complexity index is 206. The smallest absolute Gasteiger partial charge is 0.222 e. The van der Waals surface area contributed by atoms with E-state index in [-0.39, 0.29) is 0 Å². The predicted molar refractivity (Wildman–Crippen MR) is 62.0 cm³/mol. The molecule has 3 N–H and O–H groups in total. The fraction of sp³-hybridized carbons (Fsp3) is 0.667. The van der Waals surface area contributed by atoms with E-state index in [0.29, 0.717) is 0 Å². The summed E-state index contributed by atoms with van der Waals surface area (Å²) >= 11 is 0. The Labute approximate surface area is 97.4 Å². The van der Waals surface area contributed by atoms with Crippen molar-refractivity contribution < 1.29 is 14.4 Å². The molecule has 6 nitrogen and oxygen atoms in total. The molecule has 0 radical (unpaired) electrons. The summed E-state index contributed by atoms with van der Waals surface area (Å²) in [6.07, 6.45) is 9.90. The van der Waals surface area contributed by atoms with Gasteiger partial charge in [-0.15, -0.1) is 0 Å². The van der Waals surface area contributed by atoms with Crippen LogP contribution in [0.2, 0.25) is 5.54 Å². The van der Waals surface area contributed by atoms with E-state index in [0.717, 1.165) is 18.2 Å². The van der Waals surface area contributed by atoms with Crippen LogP contribution in [0.1, 0.15) is 32.1 Å². The highest BCUT2D eigenvalue weighted by Gasteiger charge is 2.05. The van der Waals surface area contributed by atoms with Crippen molar-refractivity contribution >= 4 is 28.5 Å². The highest BCUT2D eigenvalue weighted by Crippen LogP contribution is 2.24. The second-order valence-electron chi connectivity index (χ2n) is 3.05. The molecule has 0 aromatic carbocycles. The lowest BCUT2D eigenvalue weighted by Crippen LogP contribution is -1.98. The Morgan fingerprint density at radius 3 is 1.19 bits per heavy atom. The molecule has 0 spiro atoms. The minimum absolute atomic E-state index is 0.750. The Morgan fingerprint density at radius 2 is 1.06 bits per heavy atom. The van der Waals surface area contributed by atoms with Crippen molar-refractivity contribution in [1.29, 1.82) is 16.2 Å². The van der Waals surface area contributed by atoms with Crippen LogP contribution in [-0.4, -0.2) is 28.5 Å². The largest absolute Gasteiger partial charge is 0.231 e. The lowest BCUT2D eigenvalue weighted by Gasteiger charge is -2.15. The molecule has 0 unspecified atom stereocenters. The molecule has 1 aliphatic carbocycles. The van der Waals surface area contributed by atoms with E-state index in [4.69, 9.17) is 30.6 Å². The molecular weight excluding hydrogens is 226 g/mol. The Morgan fingerprint density at radius 1 is 0.812 bits per heavy atom. The van der Waals surface area contributed by atoms with E-state index >= 15 is 0 Å². The predicted octanol–water partition coefficient (Wildman–Crippen LogP) is 0.807. The molecule has 1 saturated carbocycles. The lowest BCUT2D eigenvalue weighted by molar-refractivity contribution is 0.504. The summed E-state index contributed by atoms with van der Waals surface area (Å²) < 4.78 is 0. The number of hydrogen-bond donors (Lipinski definition) is 3. The molecule has 0 saturated heterocycles. The van der Waals surface area contributed by atoms with Gasteiger partial charge in [-0.1, -0.05) is 37.6 Å². The number of carbonyl (C=O) groups excluding carboxylic acids is 3. The van der Waals surface area contributed by atoms with Gasteiger partial charge < -0.3 is 0 Å². The van der Waals surface area contributed by atoms with Crippen LogP contribution in [0.5, 0.6) is 0 Å². The molecule has 0 amide bonds. The van der Waals surface area contributed by atoms with Gasteiger partial charge in [0.05, 0.1) is 0 Å². The first-order chi connectivity index (χ1) is 7.64. The molecule has 0 heterocycles. The first-order valence-electron chi connectivity index (χ1n) is 4.76. The molecule has 1 aliphatic rings. The standard InChI is InChI=1S/C6H14Si.3CHNO/c7-6-4-2-1-3-5-6;3*2-1-3/h6H,1-5H2,7H3;3*2H. The average molecular weight is 243 g/mol. The third-order valence-corrected chi connectivity index (χ3v) is 3.05. The zero-order valence-corrected chi connectivity index (χ0v) is 11.3. The maximum Gasteiger partial charge on any atom is 0.231 e. The van der Waals surface area contributed by atoms with Gasteiger partial charge in [0.1, 0.15) is 0 Å². The van der Waals surface area contributed by atoms with Crippen LogP contribution in [0.4, 0.5) is 0 Å². The molecular formula is C9H17N3O3Si. The minimum atomic E-state index is 0.750. The van der Waals surface area contributed by atoms with E-state index in [2.05, 4.69) is 0 Å². The first-order valence-corrected chi connectivity index (χ1v) is 5.91. The number of nitrogens with one attached hydrogen (secondary N) is 3. The van der Waals surface area contributed by atoms with Crippen molar-refractivity contribution in [3.8, 4) is 0 Å². The third kappa shape index (κ3) is 39.4. The van der Waals surface area contributed by atoms with Crippen LogP contribution >= 0.6 is 0 Å². The van der Waals surface area contributed by atoms with Gasteiger partial charge in [0.15, 0.2) is 0 Å². The maximum atomic E-state index is 8.35. The van der Waals surface area contributed by atoms with Gasteiger partial charge in [0.2, 0.25) is 18.2 Å². The van der Waals surface area contributed by atoms with Crippen molar-refractivity contribution in [2.75, 3.05) is 0 Å². The van der Waals surface area contributed by atoms with Crippen molar-refractivity contribution in [2.45, 2.75) is 37.6 Å². The third-order valence-electron chi connectivity index (χ3n) is 1.89. The molecule has 0 aromatic rings. The molecule has 90 valence electrons. The summed E-state index contributed by atoms with van der Waals surface area (Å²) in [6.45, 7) is 0. The van der Waals surface area contributed by atoms with Gasteiger partial charge in [-0.2, -0.15) is 0 Å². The SMILES string of the molecule is N=C=O.N=C=O.N=C=O.[SiH3]C1CCCCC1. The van der Waals surface area contributed by atoms with Crippen LogP contribution < -0.4 is 0 Å². The van der Waals surface area contributed by atoms with Gasteiger partial charge >= 0.3 is 0 Å². The van der Waals surface area contributed by atoms with Gasteiger partial charge in [-0.25, -0.2) is 30.6 Å². The van der Waals surface area contributed by atoms with Gasteiger partial charge in [0, 0.05) is 10.2 Å². The van der Waals surface area contributed by atoms with Crippen molar-refractivity contribution in [2.24, 2.45) is 0 Å². The molecule has 0 aliphatic heterocycles. The topological polar surface area (TPSA) is 123 Å². The van der Waals surface area contributed by atoms with Gasteiger partial charge in [-0.3, -0.25) is 0 Å². The molecule has 0 bridgehead atoms. The van der Waals surface area contributed by atoms with Crippen LogP contribution in [0, 0.1) is 16.2 Å². The highest BCUT2D eigenvalue weighted by atomic mass is 28.1. The summed E-state index contributed by atoms with van der Waals surface area (Å²) in [4.78, 5) is 25.0. The highest BCUT2D eigenvalue weighted by molar-refractivity contribution is 6.11. The number of rotatable bonds is 0. The zero-order valence-electron chi connectivity index (χ0n) is 9.34. The molecule has 1 rings (SSSR count). The van der Waals surface area contributed by atoms with Crippen LogP contribution in [0.25, 0.3) is 0 Å². The first kappa shape index (κ1) is 19.9. The Balaban J connectivity index is -0.000000161. The second kappa shape index (κ2) is 23.3.